The minimum Gasteiger partial charge on any atom is -0.394 e. The Morgan fingerprint density at radius 3 is 2.58 bits per heavy atom. The lowest BCUT2D eigenvalue weighted by atomic mass is 10.1. The second-order valence-electron chi connectivity index (χ2n) is 4.00. The van der Waals surface area contributed by atoms with Gasteiger partial charge in [-0.25, -0.2) is 13.8 Å². The first kappa shape index (κ1) is 13.8. The molecule has 1 fully saturated rings. The predicted molar refractivity (Wildman–Crippen MR) is 54.4 cm³/mol. The molecule has 0 amide bonds. The molecule has 10 heteroatoms. The molecule has 1 aromatic heterocycles. The van der Waals surface area contributed by atoms with E-state index in [2.05, 4.69) is 4.74 Å². The zero-order valence-corrected chi connectivity index (χ0v) is 9.29. The van der Waals surface area contributed by atoms with Crippen LogP contribution in [0.25, 0.3) is 0 Å². The Bertz CT molecular complexity index is 599. The van der Waals surface area contributed by atoms with Crippen LogP contribution in [0.2, 0.25) is 0 Å². The second kappa shape index (κ2) is 4.20. The number of nitrogens with one attached hydrogen (secondary N) is 1. The van der Waals surface area contributed by atoms with Gasteiger partial charge in [0.25, 0.3) is 5.56 Å². The standard InChI is InChI=1S/C9H10F2N2O6/c10-8(18)6(16)4(3-14)19-9(8,11)13-2-1-5(15)12-7(13)17/h1-2,4,6,14,16,18H,3H2,(H,12,15,17)/t4-,6-,8-,9+/m1/s1. The maximum absolute atomic E-state index is 14.4. The topological polar surface area (TPSA) is 125 Å². The summed E-state index contributed by atoms with van der Waals surface area (Å²) >= 11 is 0. The molecule has 8 nitrogen and oxygen atoms in total. The maximum atomic E-state index is 14.4. The van der Waals surface area contributed by atoms with Crippen LogP contribution in [0.5, 0.6) is 0 Å². The molecule has 2 heterocycles. The van der Waals surface area contributed by atoms with Gasteiger partial charge in [-0.05, 0) is 0 Å². The van der Waals surface area contributed by atoms with Crippen molar-refractivity contribution in [3.05, 3.63) is 33.1 Å². The van der Waals surface area contributed by atoms with Crippen molar-refractivity contribution in [3.63, 3.8) is 0 Å². The molecule has 0 bridgehead atoms. The van der Waals surface area contributed by atoms with Gasteiger partial charge in [0.15, 0.2) is 0 Å². The number of aromatic nitrogens is 2. The quantitative estimate of drug-likeness (QED) is 0.475. The van der Waals surface area contributed by atoms with Crippen LogP contribution in [0.3, 0.4) is 0 Å². The lowest BCUT2D eigenvalue weighted by Crippen LogP contribution is -2.55. The fourth-order valence-electron chi connectivity index (χ4n) is 1.78. The second-order valence-corrected chi connectivity index (χ2v) is 4.00. The zero-order valence-electron chi connectivity index (χ0n) is 9.29. The first-order chi connectivity index (χ1) is 8.74. The van der Waals surface area contributed by atoms with Crippen molar-refractivity contribution in [1.29, 1.82) is 0 Å². The van der Waals surface area contributed by atoms with E-state index in [1.165, 1.54) is 0 Å². The third-order valence-electron chi connectivity index (χ3n) is 2.80. The van der Waals surface area contributed by atoms with Gasteiger partial charge < -0.3 is 20.1 Å². The van der Waals surface area contributed by atoms with E-state index >= 15 is 0 Å². The first-order valence-electron chi connectivity index (χ1n) is 5.13. The number of alkyl halides is 2. The summed E-state index contributed by atoms with van der Waals surface area (Å²) in [5, 5.41) is 27.5. The SMILES string of the molecule is O=c1ccn([C@]2(F)O[C@H](CO)[C@@H](O)[C@]2(O)F)c(=O)[nH]1. The number of H-pyrrole nitrogens is 1. The van der Waals surface area contributed by atoms with Crippen molar-refractivity contribution in [3.8, 4) is 0 Å². The van der Waals surface area contributed by atoms with Crippen LogP contribution in [0.15, 0.2) is 21.9 Å². The summed E-state index contributed by atoms with van der Waals surface area (Å²) in [7, 11) is 0. The summed E-state index contributed by atoms with van der Waals surface area (Å²) in [6, 6.07) is 0.695. The molecule has 0 aromatic carbocycles. The fourth-order valence-corrected chi connectivity index (χ4v) is 1.78. The monoisotopic (exact) mass is 280 g/mol. The van der Waals surface area contributed by atoms with Gasteiger partial charge in [-0.15, -0.1) is 0 Å². The van der Waals surface area contributed by atoms with Gasteiger partial charge in [0.1, 0.15) is 12.2 Å². The van der Waals surface area contributed by atoms with E-state index in [-0.39, 0.29) is 4.57 Å². The van der Waals surface area contributed by atoms with Gasteiger partial charge in [0.05, 0.1) is 6.61 Å². The summed E-state index contributed by atoms with van der Waals surface area (Å²) < 4.78 is 32.6. The zero-order chi connectivity index (χ0) is 14.4. The Labute approximate surface area is 103 Å². The average molecular weight is 280 g/mol. The highest BCUT2D eigenvalue weighted by atomic mass is 19.2. The Hall–Kier alpha value is -1.62. The number of nitrogens with zero attached hydrogens (tertiary/aromatic N) is 1. The lowest BCUT2D eigenvalue weighted by Gasteiger charge is -2.29. The number of halogens is 2. The molecule has 1 aliphatic heterocycles. The largest absolute Gasteiger partial charge is 0.394 e. The summed E-state index contributed by atoms with van der Waals surface area (Å²) in [5.41, 5.74) is -2.26. The fraction of sp³-hybridized carbons (Fsp3) is 0.556. The summed E-state index contributed by atoms with van der Waals surface area (Å²) in [5.74, 6) is -7.76. The van der Waals surface area contributed by atoms with Crippen molar-refractivity contribution in [2.24, 2.45) is 0 Å². The van der Waals surface area contributed by atoms with E-state index in [1.807, 2.05) is 0 Å². The molecule has 4 atom stereocenters. The number of hydrogen-bond acceptors (Lipinski definition) is 6. The number of aliphatic hydroxyl groups is 3. The van der Waals surface area contributed by atoms with Gasteiger partial charge >= 0.3 is 17.5 Å². The minimum atomic E-state index is -3.98. The molecule has 106 valence electrons. The number of hydrogen-bond donors (Lipinski definition) is 4. The Morgan fingerprint density at radius 1 is 1.47 bits per heavy atom. The van der Waals surface area contributed by atoms with E-state index in [9.17, 15) is 28.6 Å². The van der Waals surface area contributed by atoms with Crippen molar-refractivity contribution in [1.82, 2.24) is 9.55 Å². The Morgan fingerprint density at radius 2 is 2.11 bits per heavy atom. The van der Waals surface area contributed by atoms with Crippen LogP contribution < -0.4 is 11.2 Å². The van der Waals surface area contributed by atoms with Gasteiger partial charge in [-0.2, -0.15) is 4.39 Å². The van der Waals surface area contributed by atoms with Gasteiger partial charge in [-0.3, -0.25) is 9.78 Å². The summed E-state index contributed by atoms with van der Waals surface area (Å²) in [4.78, 5) is 23.9. The molecule has 19 heavy (non-hydrogen) atoms. The highest BCUT2D eigenvalue weighted by Gasteiger charge is 2.70. The van der Waals surface area contributed by atoms with E-state index < -0.39 is 41.9 Å². The van der Waals surface area contributed by atoms with Crippen LogP contribution >= 0.6 is 0 Å². The van der Waals surface area contributed by atoms with Crippen LogP contribution in [-0.2, 0) is 10.7 Å². The maximum Gasteiger partial charge on any atom is 0.360 e. The van der Waals surface area contributed by atoms with Crippen molar-refractivity contribution in [2.75, 3.05) is 6.61 Å². The van der Waals surface area contributed by atoms with E-state index in [1.54, 1.807) is 4.98 Å². The minimum absolute atomic E-state index is 0.0622. The Kier molecular flexibility index (Phi) is 3.05. The highest BCUT2D eigenvalue weighted by molar-refractivity contribution is 5.01. The molecule has 0 aliphatic carbocycles. The number of rotatable bonds is 2. The molecule has 4 N–H and O–H groups in total. The summed E-state index contributed by atoms with van der Waals surface area (Å²) in [6.45, 7) is -0.989. The predicted octanol–water partition coefficient (Wildman–Crippen LogP) is -2.47. The number of aromatic amines is 1. The average Bonchev–Trinajstić information content (AvgIpc) is 2.50. The number of aliphatic hydroxyl groups excluding tert-OH is 2. The molecule has 0 radical (unpaired) electrons. The van der Waals surface area contributed by atoms with Crippen LogP contribution in [0, 0.1) is 0 Å². The van der Waals surface area contributed by atoms with Crippen molar-refractivity contribution in [2.45, 2.75) is 24.0 Å². The molecule has 1 saturated heterocycles. The van der Waals surface area contributed by atoms with Crippen molar-refractivity contribution < 1.29 is 28.8 Å². The van der Waals surface area contributed by atoms with E-state index in [0.29, 0.717) is 12.3 Å². The molecule has 2 rings (SSSR count). The highest BCUT2D eigenvalue weighted by Crippen LogP contribution is 2.45. The molecular weight excluding hydrogens is 270 g/mol. The Balaban J connectivity index is 2.59. The molecule has 0 unspecified atom stereocenters. The van der Waals surface area contributed by atoms with Crippen LogP contribution in [0.1, 0.15) is 0 Å². The molecule has 1 aliphatic rings. The van der Waals surface area contributed by atoms with Crippen molar-refractivity contribution >= 4 is 0 Å². The van der Waals surface area contributed by atoms with Crippen LogP contribution in [-0.4, -0.2) is 49.5 Å². The number of ether oxygens (including phenoxy) is 1. The third-order valence-corrected chi connectivity index (χ3v) is 2.80. The van der Waals surface area contributed by atoms with Gasteiger partial charge in [0.2, 0.25) is 0 Å². The molecule has 0 saturated carbocycles. The van der Waals surface area contributed by atoms with Crippen LogP contribution in [0.4, 0.5) is 8.78 Å². The summed E-state index contributed by atoms with van der Waals surface area (Å²) in [6.07, 6.45) is -3.64. The van der Waals surface area contributed by atoms with E-state index in [4.69, 9.17) is 5.11 Å². The van der Waals surface area contributed by atoms with Gasteiger partial charge in [-0.1, -0.05) is 0 Å². The third kappa shape index (κ3) is 1.80. The molecule has 0 spiro atoms. The first-order valence-corrected chi connectivity index (χ1v) is 5.13. The molecule has 1 aromatic rings. The smallest absolute Gasteiger partial charge is 0.360 e. The lowest BCUT2D eigenvalue weighted by molar-refractivity contribution is -0.325. The molecular formula is C9H10F2N2O6. The van der Waals surface area contributed by atoms with E-state index in [0.717, 1.165) is 0 Å². The normalized spacial score (nSPS) is 38.6. The van der Waals surface area contributed by atoms with Gasteiger partial charge in [0, 0.05) is 12.3 Å².